The van der Waals surface area contributed by atoms with Crippen molar-refractivity contribution in [1.29, 1.82) is 0 Å². The topological polar surface area (TPSA) is 50.4 Å². The molecular weight excluding hydrogens is 444 g/mol. The van der Waals surface area contributed by atoms with Crippen molar-refractivity contribution in [3.05, 3.63) is 44.7 Å². The summed E-state index contributed by atoms with van der Waals surface area (Å²) in [7, 11) is 0. The number of benzene rings is 1. The monoisotopic (exact) mass is 466 g/mol. The van der Waals surface area contributed by atoms with Gasteiger partial charge in [0.1, 0.15) is 5.00 Å². The molecule has 27 heavy (non-hydrogen) atoms. The van der Waals surface area contributed by atoms with Crippen LogP contribution in [0.3, 0.4) is 0 Å². The third-order valence-corrected chi connectivity index (χ3v) is 6.60. The van der Waals surface area contributed by atoms with Crippen molar-refractivity contribution in [3.8, 4) is 0 Å². The smallest absolute Gasteiger partial charge is 0.341 e. The van der Waals surface area contributed by atoms with Crippen LogP contribution in [0.1, 0.15) is 53.4 Å². The Morgan fingerprint density at radius 1 is 1.19 bits per heavy atom. The summed E-state index contributed by atoms with van der Waals surface area (Å²) in [6, 6.07) is 7.78. The molecule has 144 valence electrons. The summed E-state index contributed by atoms with van der Waals surface area (Å²) in [4.78, 5) is 13.9. The van der Waals surface area contributed by atoms with Crippen molar-refractivity contribution in [2.24, 2.45) is 0 Å². The highest BCUT2D eigenvalue weighted by Crippen LogP contribution is 2.37. The van der Waals surface area contributed by atoms with Crippen molar-refractivity contribution in [3.63, 3.8) is 0 Å². The maximum atomic E-state index is 12.7. The highest BCUT2D eigenvalue weighted by Gasteiger charge is 2.25. The van der Waals surface area contributed by atoms with E-state index in [1.165, 1.54) is 17.7 Å². The second kappa shape index (κ2) is 9.66. The van der Waals surface area contributed by atoms with Crippen LogP contribution >= 0.6 is 39.5 Å². The summed E-state index contributed by atoms with van der Waals surface area (Å²) in [5.74, 6) is -0.262. The lowest BCUT2D eigenvalue weighted by Gasteiger charge is -2.13. The van der Waals surface area contributed by atoms with Crippen LogP contribution in [0.25, 0.3) is 0 Å². The largest absolute Gasteiger partial charge is 0.462 e. The minimum atomic E-state index is -0.262. The lowest BCUT2D eigenvalue weighted by molar-refractivity contribution is 0.0526. The minimum absolute atomic E-state index is 0.262. The minimum Gasteiger partial charge on any atom is -0.462 e. The van der Waals surface area contributed by atoms with Crippen LogP contribution in [0, 0.1) is 0 Å². The van der Waals surface area contributed by atoms with Gasteiger partial charge in [0.05, 0.1) is 17.9 Å². The fourth-order valence-corrected chi connectivity index (χ4v) is 5.19. The maximum Gasteiger partial charge on any atom is 0.341 e. The number of para-hydroxylation sites is 1. The molecule has 1 aliphatic rings. The van der Waals surface area contributed by atoms with E-state index < -0.39 is 0 Å². The lowest BCUT2D eigenvalue weighted by Crippen LogP contribution is -2.20. The number of nitrogens with one attached hydrogen (secondary N) is 2. The van der Waals surface area contributed by atoms with Crippen molar-refractivity contribution in [1.82, 2.24) is 0 Å². The predicted octanol–water partition coefficient (Wildman–Crippen LogP) is 6.16. The summed E-state index contributed by atoms with van der Waals surface area (Å²) >= 11 is 10.6. The number of hydrogen-bond acceptors (Lipinski definition) is 4. The molecule has 1 aromatic carbocycles. The number of aryl methyl sites for hydroxylation is 1. The van der Waals surface area contributed by atoms with Gasteiger partial charge in [-0.1, -0.05) is 25.0 Å². The van der Waals surface area contributed by atoms with Crippen LogP contribution in [0.5, 0.6) is 0 Å². The highest BCUT2D eigenvalue weighted by atomic mass is 79.9. The fraction of sp³-hybridized carbons (Fsp3) is 0.400. The Morgan fingerprint density at radius 2 is 1.93 bits per heavy atom. The predicted molar refractivity (Wildman–Crippen MR) is 120 cm³/mol. The molecule has 0 aliphatic heterocycles. The number of ether oxygens (including phenoxy) is 1. The summed E-state index contributed by atoms with van der Waals surface area (Å²) in [5.41, 5.74) is 2.68. The van der Waals surface area contributed by atoms with E-state index in [-0.39, 0.29) is 5.97 Å². The molecule has 2 aromatic rings. The molecule has 0 atom stereocenters. The number of carbonyl (C=O) groups is 1. The Bertz CT molecular complexity index is 835. The molecule has 0 unspecified atom stereocenters. The molecule has 0 saturated carbocycles. The van der Waals surface area contributed by atoms with E-state index in [0.29, 0.717) is 17.3 Å². The quantitative estimate of drug-likeness (QED) is 0.417. The fourth-order valence-electron chi connectivity index (χ4n) is 3.25. The van der Waals surface area contributed by atoms with Gasteiger partial charge in [0.2, 0.25) is 0 Å². The van der Waals surface area contributed by atoms with Gasteiger partial charge in [-0.3, -0.25) is 0 Å². The van der Waals surface area contributed by atoms with Crippen LogP contribution < -0.4 is 10.6 Å². The number of anilines is 2. The van der Waals surface area contributed by atoms with Crippen LogP contribution in [0.15, 0.2) is 28.7 Å². The van der Waals surface area contributed by atoms with E-state index in [2.05, 4.69) is 26.6 Å². The van der Waals surface area contributed by atoms with E-state index in [4.69, 9.17) is 17.0 Å². The molecule has 2 N–H and O–H groups in total. The number of thiophene rings is 1. The van der Waals surface area contributed by atoms with Gasteiger partial charge in [-0.2, -0.15) is 0 Å². The van der Waals surface area contributed by atoms with Crippen LogP contribution in [0.4, 0.5) is 10.7 Å². The normalized spacial score (nSPS) is 13.9. The van der Waals surface area contributed by atoms with Crippen LogP contribution in [0.2, 0.25) is 0 Å². The first-order valence-electron chi connectivity index (χ1n) is 9.24. The average Bonchev–Trinajstić information content (AvgIpc) is 2.93. The Balaban J connectivity index is 1.87. The summed E-state index contributed by atoms with van der Waals surface area (Å²) < 4.78 is 6.27. The number of rotatable bonds is 4. The van der Waals surface area contributed by atoms with Crippen molar-refractivity contribution in [2.45, 2.75) is 45.4 Å². The molecular formula is C20H23BrN2O2S2. The number of carbonyl (C=O) groups excluding carboxylic acids is 1. The molecule has 0 fully saturated rings. The summed E-state index contributed by atoms with van der Waals surface area (Å²) in [5, 5.41) is 7.67. The van der Waals surface area contributed by atoms with Gasteiger partial charge in [-0.25, -0.2) is 4.79 Å². The number of esters is 1. The number of hydrogen-bond donors (Lipinski definition) is 2. The third kappa shape index (κ3) is 5.09. The number of halogens is 1. The molecule has 0 saturated heterocycles. The van der Waals surface area contributed by atoms with E-state index in [9.17, 15) is 4.79 Å². The molecule has 0 spiro atoms. The van der Waals surface area contributed by atoms with Crippen LogP contribution in [-0.4, -0.2) is 17.7 Å². The Labute approximate surface area is 177 Å². The molecule has 1 aromatic heterocycles. The molecule has 4 nitrogen and oxygen atoms in total. The Morgan fingerprint density at radius 3 is 2.67 bits per heavy atom. The van der Waals surface area contributed by atoms with Crippen molar-refractivity contribution < 1.29 is 9.53 Å². The first-order valence-corrected chi connectivity index (χ1v) is 11.3. The molecule has 0 bridgehead atoms. The number of thiocarbonyl (C=S) groups is 1. The van der Waals surface area contributed by atoms with E-state index in [0.717, 1.165) is 46.4 Å². The van der Waals surface area contributed by atoms with Gasteiger partial charge in [0, 0.05) is 9.35 Å². The zero-order valence-electron chi connectivity index (χ0n) is 15.3. The first-order chi connectivity index (χ1) is 13.1. The van der Waals surface area contributed by atoms with Gasteiger partial charge in [0.25, 0.3) is 0 Å². The molecule has 1 aliphatic carbocycles. The number of fused-ring (bicyclic) bond motifs is 1. The maximum absolute atomic E-state index is 12.7. The molecule has 7 heteroatoms. The zero-order chi connectivity index (χ0) is 19.2. The van der Waals surface area contributed by atoms with E-state index in [1.54, 1.807) is 11.3 Å². The molecule has 1 heterocycles. The standard InChI is InChI=1S/C20H23BrN2O2S2/c1-2-25-19(24)17-13-9-5-3-4-6-12-16(13)27-18(17)23-20(26)22-15-11-8-7-10-14(15)21/h7-8,10-11H,2-6,9,12H2,1H3,(H2,22,23,26). The van der Waals surface area contributed by atoms with Gasteiger partial charge in [-0.15, -0.1) is 11.3 Å². The summed E-state index contributed by atoms with van der Waals surface area (Å²) in [6.45, 7) is 2.20. The first kappa shape index (κ1) is 20.3. The SMILES string of the molecule is CCOC(=O)c1c(NC(=S)Nc2ccccc2Br)sc2c1CCCCCC2. The highest BCUT2D eigenvalue weighted by molar-refractivity contribution is 9.10. The summed E-state index contributed by atoms with van der Waals surface area (Å²) in [6.07, 6.45) is 6.66. The second-order valence-corrected chi connectivity index (χ2v) is 8.77. The third-order valence-electron chi connectivity index (χ3n) is 4.50. The zero-order valence-corrected chi connectivity index (χ0v) is 18.5. The van der Waals surface area contributed by atoms with Gasteiger partial charge in [-0.05, 0) is 78.5 Å². The Kier molecular flexibility index (Phi) is 7.26. The molecule has 3 rings (SSSR count). The molecule has 0 radical (unpaired) electrons. The lowest BCUT2D eigenvalue weighted by atomic mass is 9.96. The van der Waals surface area contributed by atoms with Gasteiger partial charge < -0.3 is 15.4 Å². The van der Waals surface area contributed by atoms with E-state index >= 15 is 0 Å². The van der Waals surface area contributed by atoms with Crippen molar-refractivity contribution >= 4 is 61.3 Å². The van der Waals surface area contributed by atoms with Gasteiger partial charge in [0.15, 0.2) is 5.11 Å². The van der Waals surface area contributed by atoms with E-state index in [1.807, 2.05) is 31.2 Å². The second-order valence-electron chi connectivity index (χ2n) is 6.40. The average molecular weight is 467 g/mol. The van der Waals surface area contributed by atoms with Crippen molar-refractivity contribution in [2.75, 3.05) is 17.2 Å². The van der Waals surface area contributed by atoms with Gasteiger partial charge >= 0.3 is 5.97 Å². The Hall–Kier alpha value is -1.44. The molecule has 0 amide bonds. The van der Waals surface area contributed by atoms with Crippen LogP contribution in [-0.2, 0) is 17.6 Å².